The van der Waals surface area contributed by atoms with Crippen molar-refractivity contribution in [3.05, 3.63) is 63.0 Å². The molecule has 1 amide bonds. The highest BCUT2D eigenvalue weighted by Crippen LogP contribution is 2.36. The molecule has 0 spiro atoms. The van der Waals surface area contributed by atoms with Crippen molar-refractivity contribution in [1.82, 2.24) is 9.78 Å². The summed E-state index contributed by atoms with van der Waals surface area (Å²) in [7, 11) is 0. The van der Waals surface area contributed by atoms with Crippen LogP contribution in [0.5, 0.6) is 0 Å². The van der Waals surface area contributed by atoms with E-state index in [9.17, 15) is 4.79 Å². The normalized spacial score (nSPS) is 13.0. The third kappa shape index (κ3) is 3.24. The van der Waals surface area contributed by atoms with Crippen LogP contribution in [0.4, 0.5) is 5.82 Å². The monoisotopic (exact) mass is 369 g/mol. The van der Waals surface area contributed by atoms with Gasteiger partial charge < -0.3 is 5.32 Å². The van der Waals surface area contributed by atoms with E-state index >= 15 is 0 Å². The first-order chi connectivity index (χ1) is 12.1. The Morgan fingerprint density at radius 3 is 2.88 bits per heavy atom. The highest BCUT2D eigenvalue weighted by Gasteiger charge is 2.24. The molecular weight excluding hydrogens is 350 g/mol. The molecule has 0 unspecified atom stereocenters. The number of nitrogens with zero attached hydrogens (tertiary/aromatic N) is 2. The van der Waals surface area contributed by atoms with Crippen LogP contribution in [-0.4, -0.2) is 15.7 Å². The van der Waals surface area contributed by atoms with Gasteiger partial charge in [0.15, 0.2) is 0 Å². The van der Waals surface area contributed by atoms with Crippen LogP contribution in [0.1, 0.15) is 27.3 Å². The maximum absolute atomic E-state index is 12.5. The number of rotatable bonds is 4. The van der Waals surface area contributed by atoms with Crippen LogP contribution in [-0.2, 0) is 22.7 Å². The first-order valence-electron chi connectivity index (χ1n) is 8.20. The van der Waals surface area contributed by atoms with Gasteiger partial charge in [0.1, 0.15) is 5.82 Å². The number of carbonyl (C=O) groups excluding carboxylic acids is 1. The number of aromatic nitrogens is 2. The molecule has 0 atom stereocenters. The zero-order chi connectivity index (χ0) is 17.4. The van der Waals surface area contributed by atoms with Crippen LogP contribution >= 0.6 is 23.1 Å². The Balaban J connectivity index is 1.68. The van der Waals surface area contributed by atoms with Gasteiger partial charge in [-0.3, -0.25) is 4.79 Å². The van der Waals surface area contributed by atoms with Crippen LogP contribution < -0.4 is 5.32 Å². The van der Waals surface area contributed by atoms with Gasteiger partial charge in [-0.15, -0.1) is 11.3 Å². The van der Waals surface area contributed by atoms with Gasteiger partial charge in [0, 0.05) is 21.9 Å². The molecule has 2 aromatic heterocycles. The average molecular weight is 370 g/mol. The van der Waals surface area contributed by atoms with E-state index in [1.54, 1.807) is 11.3 Å². The van der Waals surface area contributed by atoms with Crippen LogP contribution in [0.15, 0.2) is 35.7 Å². The molecule has 0 fully saturated rings. The Hall–Kier alpha value is -2.05. The summed E-state index contributed by atoms with van der Waals surface area (Å²) in [5.74, 6) is 2.63. The third-order valence-electron chi connectivity index (χ3n) is 4.46. The summed E-state index contributed by atoms with van der Waals surface area (Å²) in [6, 6.07) is 10.3. The van der Waals surface area contributed by atoms with Crippen molar-refractivity contribution in [3.63, 3.8) is 0 Å². The average Bonchev–Trinajstić information content (AvgIpc) is 3.29. The number of fused-ring (bicyclic) bond motifs is 1. The number of anilines is 1. The van der Waals surface area contributed by atoms with Gasteiger partial charge in [0.2, 0.25) is 5.91 Å². The predicted octanol–water partition coefficient (Wildman–Crippen LogP) is 4.48. The largest absolute Gasteiger partial charge is 0.310 e. The Morgan fingerprint density at radius 2 is 2.12 bits per heavy atom. The second-order valence-corrected chi connectivity index (χ2v) is 8.27. The van der Waals surface area contributed by atoms with Crippen molar-refractivity contribution >= 4 is 34.8 Å². The summed E-state index contributed by atoms with van der Waals surface area (Å²) < 4.78 is 1.89. The fourth-order valence-electron chi connectivity index (χ4n) is 2.93. The maximum atomic E-state index is 12.5. The van der Waals surface area contributed by atoms with Gasteiger partial charge in [-0.1, -0.05) is 12.1 Å². The highest BCUT2D eigenvalue weighted by molar-refractivity contribution is 7.98. The SMILES string of the molecule is Cc1ccc(-n2nc3c(c2NC(=O)Cc2cccs2)CSC3)cc1C. The quantitative estimate of drug-likeness (QED) is 0.738. The Kier molecular flexibility index (Phi) is 4.39. The molecule has 128 valence electrons. The molecule has 25 heavy (non-hydrogen) atoms. The van der Waals surface area contributed by atoms with Crippen molar-refractivity contribution in [2.75, 3.05) is 5.32 Å². The van der Waals surface area contributed by atoms with Gasteiger partial charge in [0.25, 0.3) is 0 Å². The fraction of sp³-hybridized carbons (Fsp3) is 0.263. The molecule has 0 aliphatic carbocycles. The first-order valence-corrected chi connectivity index (χ1v) is 10.2. The zero-order valence-corrected chi connectivity index (χ0v) is 15.8. The molecule has 6 heteroatoms. The van der Waals surface area contributed by atoms with Gasteiger partial charge >= 0.3 is 0 Å². The van der Waals surface area contributed by atoms with E-state index in [0.717, 1.165) is 39.1 Å². The van der Waals surface area contributed by atoms with Crippen molar-refractivity contribution in [2.24, 2.45) is 0 Å². The molecule has 1 aromatic carbocycles. The number of nitrogens with one attached hydrogen (secondary N) is 1. The summed E-state index contributed by atoms with van der Waals surface area (Å²) in [5, 5.41) is 9.88. The van der Waals surface area contributed by atoms with Crippen molar-refractivity contribution in [1.29, 1.82) is 0 Å². The fourth-order valence-corrected chi connectivity index (χ4v) is 4.67. The van der Waals surface area contributed by atoms with E-state index in [-0.39, 0.29) is 5.91 Å². The lowest BCUT2D eigenvalue weighted by molar-refractivity contribution is -0.115. The molecule has 1 aliphatic heterocycles. The summed E-state index contributed by atoms with van der Waals surface area (Å²) in [6.45, 7) is 4.20. The molecule has 3 heterocycles. The standard InChI is InChI=1S/C19H19N3OS2/c1-12-5-6-14(8-13(12)2)22-19(16-10-24-11-17(16)21-22)20-18(23)9-15-4-3-7-25-15/h3-8H,9-11H2,1-2H3,(H,20,23). The minimum absolute atomic E-state index is 0.00661. The lowest BCUT2D eigenvalue weighted by Gasteiger charge is -2.12. The van der Waals surface area contributed by atoms with E-state index in [2.05, 4.69) is 37.4 Å². The minimum atomic E-state index is 0.00661. The molecule has 0 radical (unpaired) electrons. The van der Waals surface area contributed by atoms with Gasteiger partial charge in [-0.2, -0.15) is 16.9 Å². The Labute approximate surface area is 155 Å². The second kappa shape index (κ2) is 6.69. The minimum Gasteiger partial charge on any atom is -0.310 e. The van der Waals surface area contributed by atoms with Crippen LogP contribution in [0.3, 0.4) is 0 Å². The van der Waals surface area contributed by atoms with E-state index < -0.39 is 0 Å². The van der Waals surface area contributed by atoms with Gasteiger partial charge in [-0.25, -0.2) is 4.68 Å². The number of benzene rings is 1. The van der Waals surface area contributed by atoms with Crippen molar-refractivity contribution in [3.8, 4) is 5.69 Å². The molecule has 0 saturated heterocycles. The number of aryl methyl sites for hydroxylation is 2. The summed E-state index contributed by atoms with van der Waals surface area (Å²) in [6.07, 6.45) is 0.400. The van der Waals surface area contributed by atoms with E-state index in [0.29, 0.717) is 6.42 Å². The molecule has 4 rings (SSSR count). The molecule has 1 N–H and O–H groups in total. The van der Waals surface area contributed by atoms with Crippen molar-refractivity contribution < 1.29 is 4.79 Å². The van der Waals surface area contributed by atoms with Crippen molar-refractivity contribution in [2.45, 2.75) is 31.8 Å². The number of amides is 1. The Bertz CT molecular complexity index is 929. The summed E-state index contributed by atoms with van der Waals surface area (Å²) in [5.41, 5.74) is 5.70. The number of hydrogen-bond donors (Lipinski definition) is 1. The number of thioether (sulfide) groups is 1. The van der Waals surface area contributed by atoms with Gasteiger partial charge in [-0.05, 0) is 48.6 Å². The maximum Gasteiger partial charge on any atom is 0.230 e. The predicted molar refractivity (Wildman–Crippen MR) is 105 cm³/mol. The number of hydrogen-bond acceptors (Lipinski definition) is 4. The van der Waals surface area contributed by atoms with E-state index in [1.165, 1.54) is 11.1 Å². The lowest BCUT2D eigenvalue weighted by Crippen LogP contribution is -2.17. The number of thiophene rings is 1. The second-order valence-electron chi connectivity index (χ2n) is 6.25. The lowest BCUT2D eigenvalue weighted by atomic mass is 10.1. The summed E-state index contributed by atoms with van der Waals surface area (Å²) >= 11 is 3.45. The zero-order valence-electron chi connectivity index (χ0n) is 14.2. The highest BCUT2D eigenvalue weighted by atomic mass is 32.2. The van der Waals surface area contributed by atoms with Gasteiger partial charge in [0.05, 0.1) is 17.8 Å². The summed E-state index contributed by atoms with van der Waals surface area (Å²) in [4.78, 5) is 13.6. The van der Waals surface area contributed by atoms with E-state index in [4.69, 9.17) is 5.10 Å². The molecule has 3 aromatic rings. The molecule has 1 aliphatic rings. The van der Waals surface area contributed by atoms with Crippen LogP contribution in [0.2, 0.25) is 0 Å². The van der Waals surface area contributed by atoms with Crippen LogP contribution in [0, 0.1) is 13.8 Å². The third-order valence-corrected chi connectivity index (χ3v) is 6.31. The molecule has 0 bridgehead atoms. The molecule has 4 nitrogen and oxygen atoms in total. The first kappa shape index (κ1) is 16.4. The topological polar surface area (TPSA) is 46.9 Å². The Morgan fingerprint density at radius 1 is 1.24 bits per heavy atom. The van der Waals surface area contributed by atoms with Crippen LogP contribution in [0.25, 0.3) is 5.69 Å². The van der Waals surface area contributed by atoms with E-state index in [1.807, 2.05) is 34.0 Å². The smallest absolute Gasteiger partial charge is 0.230 e. The molecular formula is C19H19N3OS2. The number of carbonyl (C=O) groups is 1. The molecule has 0 saturated carbocycles.